The predicted molar refractivity (Wildman–Crippen MR) is 103 cm³/mol. The smallest absolute Gasteiger partial charge is 0.253 e. The van der Waals surface area contributed by atoms with Crippen LogP contribution < -0.4 is 10.2 Å². The van der Waals surface area contributed by atoms with E-state index in [4.69, 9.17) is 0 Å². The number of nitrogens with zero attached hydrogens (tertiary/aromatic N) is 6. The van der Waals surface area contributed by atoms with Crippen molar-refractivity contribution in [3.63, 3.8) is 0 Å². The first-order valence-corrected chi connectivity index (χ1v) is 8.89. The molecular weight excluding hydrogens is 342 g/mol. The van der Waals surface area contributed by atoms with E-state index in [9.17, 15) is 4.79 Å². The molecule has 1 N–H and O–H groups in total. The third-order valence-corrected chi connectivity index (χ3v) is 4.72. The van der Waals surface area contributed by atoms with Crippen LogP contribution in [0.2, 0.25) is 0 Å². The highest BCUT2D eigenvalue weighted by molar-refractivity contribution is 5.94. The number of piperazine rings is 1. The Bertz CT molecular complexity index is 883. The van der Waals surface area contributed by atoms with Gasteiger partial charge in [0.05, 0.1) is 0 Å². The van der Waals surface area contributed by atoms with E-state index in [1.807, 2.05) is 59.1 Å². The average Bonchev–Trinajstić information content (AvgIpc) is 3.28. The summed E-state index contributed by atoms with van der Waals surface area (Å²) in [5.41, 5.74) is 1.71. The van der Waals surface area contributed by atoms with Crippen LogP contribution in [-0.2, 0) is 0 Å². The second-order valence-corrected chi connectivity index (χ2v) is 6.33. The van der Waals surface area contributed by atoms with E-state index in [1.54, 1.807) is 12.5 Å². The van der Waals surface area contributed by atoms with Gasteiger partial charge in [0, 0.05) is 56.9 Å². The number of amides is 1. The first-order chi connectivity index (χ1) is 13.2. The molecule has 1 aliphatic heterocycles. The third-order valence-electron chi connectivity index (χ3n) is 4.72. The van der Waals surface area contributed by atoms with Crippen molar-refractivity contribution < 1.29 is 4.79 Å². The summed E-state index contributed by atoms with van der Waals surface area (Å²) in [6.07, 6.45) is 5.23. The van der Waals surface area contributed by atoms with Crippen LogP contribution in [0, 0.1) is 0 Å². The van der Waals surface area contributed by atoms with Crippen LogP contribution in [0.25, 0.3) is 5.82 Å². The number of aromatic nitrogens is 4. The molecule has 0 spiro atoms. The molecule has 0 radical (unpaired) electrons. The standard InChI is InChI=1S/C19H21N7O/c1-20-16-4-2-15(3-5-16)19(27)25-12-10-24(11-13-25)17-6-7-18(23-22-17)26-9-8-21-14-26/h2-9,14,20H,10-13H2,1H3. The zero-order valence-corrected chi connectivity index (χ0v) is 15.1. The van der Waals surface area contributed by atoms with Crippen molar-refractivity contribution in [1.82, 2.24) is 24.6 Å². The van der Waals surface area contributed by atoms with Gasteiger partial charge in [-0.15, -0.1) is 10.2 Å². The molecule has 0 bridgehead atoms. The van der Waals surface area contributed by atoms with Crippen LogP contribution in [0.4, 0.5) is 11.5 Å². The summed E-state index contributed by atoms with van der Waals surface area (Å²) in [5, 5.41) is 11.6. The van der Waals surface area contributed by atoms with Gasteiger partial charge < -0.3 is 15.1 Å². The molecule has 0 aliphatic carbocycles. The molecule has 138 valence electrons. The highest BCUT2D eigenvalue weighted by atomic mass is 16.2. The molecule has 0 atom stereocenters. The van der Waals surface area contributed by atoms with E-state index in [2.05, 4.69) is 25.4 Å². The zero-order valence-electron chi connectivity index (χ0n) is 15.1. The average molecular weight is 363 g/mol. The monoisotopic (exact) mass is 363 g/mol. The van der Waals surface area contributed by atoms with Gasteiger partial charge in [-0.1, -0.05) is 0 Å². The molecule has 8 heteroatoms. The maximum absolute atomic E-state index is 12.7. The topological polar surface area (TPSA) is 79.2 Å². The number of rotatable bonds is 4. The van der Waals surface area contributed by atoms with E-state index in [-0.39, 0.29) is 5.91 Å². The molecule has 1 aromatic carbocycles. The first-order valence-electron chi connectivity index (χ1n) is 8.89. The van der Waals surface area contributed by atoms with E-state index in [0.29, 0.717) is 18.7 Å². The van der Waals surface area contributed by atoms with Crippen molar-refractivity contribution in [2.75, 3.05) is 43.4 Å². The van der Waals surface area contributed by atoms with E-state index < -0.39 is 0 Å². The molecule has 4 rings (SSSR count). The molecule has 2 aromatic heterocycles. The van der Waals surface area contributed by atoms with Gasteiger partial charge >= 0.3 is 0 Å². The van der Waals surface area contributed by atoms with Crippen molar-refractivity contribution in [3.8, 4) is 5.82 Å². The zero-order chi connectivity index (χ0) is 18.6. The highest BCUT2D eigenvalue weighted by Crippen LogP contribution is 2.16. The molecule has 27 heavy (non-hydrogen) atoms. The minimum Gasteiger partial charge on any atom is -0.388 e. The van der Waals surface area contributed by atoms with Crippen molar-refractivity contribution in [2.45, 2.75) is 0 Å². The summed E-state index contributed by atoms with van der Waals surface area (Å²) >= 11 is 0. The largest absolute Gasteiger partial charge is 0.388 e. The Morgan fingerprint density at radius 3 is 2.26 bits per heavy atom. The van der Waals surface area contributed by atoms with Gasteiger partial charge in [0.25, 0.3) is 5.91 Å². The minimum atomic E-state index is 0.0684. The van der Waals surface area contributed by atoms with Gasteiger partial charge in [0.2, 0.25) is 0 Å². The lowest BCUT2D eigenvalue weighted by Crippen LogP contribution is -2.49. The van der Waals surface area contributed by atoms with E-state index >= 15 is 0 Å². The Morgan fingerprint density at radius 1 is 0.963 bits per heavy atom. The molecule has 0 saturated carbocycles. The van der Waals surface area contributed by atoms with E-state index in [1.165, 1.54) is 0 Å². The Morgan fingerprint density at radius 2 is 1.67 bits per heavy atom. The fourth-order valence-electron chi connectivity index (χ4n) is 3.12. The SMILES string of the molecule is CNc1ccc(C(=O)N2CCN(c3ccc(-n4ccnc4)nn3)CC2)cc1. The molecule has 3 heterocycles. The van der Waals surface area contributed by atoms with Crippen molar-refractivity contribution in [3.05, 3.63) is 60.7 Å². The van der Waals surface area contributed by atoms with Crippen molar-refractivity contribution in [1.29, 1.82) is 0 Å². The van der Waals surface area contributed by atoms with Crippen LogP contribution in [0.1, 0.15) is 10.4 Å². The summed E-state index contributed by atoms with van der Waals surface area (Å²) in [6.45, 7) is 2.80. The van der Waals surface area contributed by atoms with Gasteiger partial charge in [-0.25, -0.2) is 4.98 Å². The van der Waals surface area contributed by atoms with Gasteiger partial charge in [-0.2, -0.15) is 0 Å². The molecular formula is C19H21N7O. The maximum atomic E-state index is 12.7. The molecule has 3 aromatic rings. The Kier molecular flexibility index (Phi) is 4.69. The van der Waals surface area contributed by atoms with Gasteiger partial charge in [-0.3, -0.25) is 9.36 Å². The summed E-state index contributed by atoms with van der Waals surface area (Å²) in [5.74, 6) is 1.62. The summed E-state index contributed by atoms with van der Waals surface area (Å²) in [6, 6.07) is 11.4. The number of carbonyl (C=O) groups excluding carboxylic acids is 1. The summed E-state index contributed by atoms with van der Waals surface area (Å²) in [4.78, 5) is 20.7. The number of anilines is 2. The predicted octanol–water partition coefficient (Wildman–Crippen LogP) is 1.67. The van der Waals surface area contributed by atoms with Crippen LogP contribution in [0.3, 0.4) is 0 Å². The normalized spacial score (nSPS) is 14.3. The first kappa shape index (κ1) is 17.0. The quantitative estimate of drug-likeness (QED) is 0.760. The summed E-state index contributed by atoms with van der Waals surface area (Å²) in [7, 11) is 1.86. The lowest BCUT2D eigenvalue weighted by Gasteiger charge is -2.35. The summed E-state index contributed by atoms with van der Waals surface area (Å²) < 4.78 is 1.81. The fourth-order valence-corrected chi connectivity index (χ4v) is 3.12. The van der Waals surface area contributed by atoms with Crippen LogP contribution >= 0.6 is 0 Å². The maximum Gasteiger partial charge on any atom is 0.253 e. The second-order valence-electron chi connectivity index (χ2n) is 6.33. The molecule has 8 nitrogen and oxygen atoms in total. The number of imidazole rings is 1. The fraction of sp³-hybridized carbons (Fsp3) is 0.263. The number of hydrogen-bond acceptors (Lipinski definition) is 6. The lowest BCUT2D eigenvalue weighted by atomic mass is 10.1. The van der Waals surface area contributed by atoms with Crippen LogP contribution in [0.15, 0.2) is 55.1 Å². The molecule has 1 aliphatic rings. The van der Waals surface area contributed by atoms with Gasteiger partial charge in [0.1, 0.15) is 6.33 Å². The van der Waals surface area contributed by atoms with Crippen LogP contribution in [0.5, 0.6) is 0 Å². The number of benzene rings is 1. The van der Waals surface area contributed by atoms with E-state index in [0.717, 1.165) is 30.4 Å². The third kappa shape index (κ3) is 3.59. The number of hydrogen-bond donors (Lipinski definition) is 1. The van der Waals surface area contributed by atoms with Gasteiger partial charge in [0.15, 0.2) is 11.6 Å². The lowest BCUT2D eigenvalue weighted by molar-refractivity contribution is 0.0746. The Labute approximate surface area is 157 Å². The van der Waals surface area contributed by atoms with Crippen molar-refractivity contribution >= 4 is 17.4 Å². The number of nitrogens with one attached hydrogen (secondary N) is 1. The molecule has 0 unspecified atom stereocenters. The highest BCUT2D eigenvalue weighted by Gasteiger charge is 2.23. The van der Waals surface area contributed by atoms with Gasteiger partial charge in [-0.05, 0) is 36.4 Å². The molecule has 1 fully saturated rings. The second kappa shape index (κ2) is 7.45. The van der Waals surface area contributed by atoms with Crippen LogP contribution in [-0.4, -0.2) is 63.8 Å². The molecule has 1 amide bonds. The number of carbonyl (C=O) groups is 1. The Balaban J connectivity index is 1.37. The van der Waals surface area contributed by atoms with Crippen molar-refractivity contribution in [2.24, 2.45) is 0 Å². The molecule has 1 saturated heterocycles. The minimum absolute atomic E-state index is 0.0684. The Hall–Kier alpha value is -3.42.